The molecular weight excluding hydrogens is 320 g/mol. The van der Waals surface area contributed by atoms with Gasteiger partial charge in [0.25, 0.3) is 0 Å². The smallest absolute Gasteiger partial charge is 0.306 e. The lowest BCUT2D eigenvalue weighted by Gasteiger charge is -2.31. The highest BCUT2D eigenvalue weighted by Crippen LogP contribution is 2.18. The molecular formula is C19H26N2O4. The third-order valence-electron chi connectivity index (χ3n) is 4.97. The van der Waals surface area contributed by atoms with Crippen molar-refractivity contribution in [2.24, 2.45) is 5.92 Å². The van der Waals surface area contributed by atoms with Crippen LogP contribution in [-0.4, -0.2) is 59.4 Å². The topological polar surface area (TPSA) is 77.9 Å². The molecule has 1 saturated heterocycles. The molecule has 1 N–H and O–H groups in total. The van der Waals surface area contributed by atoms with E-state index < -0.39 is 5.97 Å². The van der Waals surface area contributed by atoms with Gasteiger partial charge < -0.3 is 14.9 Å². The van der Waals surface area contributed by atoms with E-state index in [1.165, 1.54) is 4.90 Å². The summed E-state index contributed by atoms with van der Waals surface area (Å²) >= 11 is 0. The van der Waals surface area contributed by atoms with E-state index in [2.05, 4.69) is 0 Å². The van der Waals surface area contributed by atoms with Crippen molar-refractivity contribution in [1.82, 2.24) is 9.80 Å². The molecule has 0 saturated carbocycles. The molecule has 0 aromatic heterocycles. The Bertz CT molecular complexity index is 643. The number of likely N-dealkylation sites (N-methyl/N-ethyl adjacent to an activating group) is 1. The Morgan fingerprint density at radius 2 is 1.72 bits per heavy atom. The molecule has 0 unspecified atom stereocenters. The van der Waals surface area contributed by atoms with Crippen molar-refractivity contribution in [3.05, 3.63) is 34.9 Å². The van der Waals surface area contributed by atoms with Crippen LogP contribution in [0.4, 0.5) is 0 Å². The minimum Gasteiger partial charge on any atom is -0.481 e. The quantitative estimate of drug-likeness (QED) is 0.879. The minimum atomic E-state index is -0.798. The van der Waals surface area contributed by atoms with Crippen LogP contribution in [0, 0.1) is 19.8 Å². The highest BCUT2D eigenvalue weighted by atomic mass is 16.4. The first-order valence-corrected chi connectivity index (χ1v) is 8.59. The van der Waals surface area contributed by atoms with Crippen LogP contribution in [0.2, 0.25) is 0 Å². The van der Waals surface area contributed by atoms with Crippen molar-refractivity contribution in [2.75, 3.05) is 26.7 Å². The zero-order valence-corrected chi connectivity index (χ0v) is 15.1. The summed E-state index contributed by atoms with van der Waals surface area (Å²) in [6.45, 7) is 4.87. The predicted octanol–water partition coefficient (Wildman–Crippen LogP) is 1.63. The molecule has 1 fully saturated rings. The normalized spacial score (nSPS) is 15.1. The zero-order chi connectivity index (χ0) is 18.6. The van der Waals surface area contributed by atoms with E-state index in [-0.39, 0.29) is 30.7 Å². The lowest BCUT2D eigenvalue weighted by atomic mass is 9.97. The van der Waals surface area contributed by atoms with E-state index in [1.807, 2.05) is 32.0 Å². The van der Waals surface area contributed by atoms with Gasteiger partial charge in [-0.2, -0.15) is 0 Å². The summed E-state index contributed by atoms with van der Waals surface area (Å²) in [5, 5.41) is 9.01. The number of carbonyl (C=O) groups excluding carboxylic acids is 2. The number of hydrogen-bond donors (Lipinski definition) is 1. The van der Waals surface area contributed by atoms with Crippen LogP contribution >= 0.6 is 0 Å². The molecule has 0 radical (unpaired) electrons. The number of carboxylic acid groups (broad SMARTS) is 1. The zero-order valence-electron chi connectivity index (χ0n) is 15.1. The lowest BCUT2D eigenvalue weighted by molar-refractivity contribution is -0.146. The molecule has 2 rings (SSSR count). The number of aryl methyl sites for hydroxylation is 2. The van der Waals surface area contributed by atoms with E-state index in [9.17, 15) is 14.4 Å². The van der Waals surface area contributed by atoms with Crippen LogP contribution in [0.3, 0.4) is 0 Å². The van der Waals surface area contributed by atoms with Crippen molar-refractivity contribution in [3.8, 4) is 0 Å². The Hall–Kier alpha value is -2.37. The number of nitrogens with zero attached hydrogens (tertiary/aromatic N) is 2. The molecule has 1 aliphatic rings. The minimum absolute atomic E-state index is 0.0293. The molecule has 6 nitrogen and oxygen atoms in total. The SMILES string of the molecule is Cc1cccc(C)c1CC(=O)N(C)CC(=O)N1CCC(C(=O)O)CC1. The van der Waals surface area contributed by atoms with Crippen LogP contribution in [0.5, 0.6) is 0 Å². The Balaban J connectivity index is 1.89. The van der Waals surface area contributed by atoms with Crippen LogP contribution < -0.4 is 0 Å². The molecule has 0 spiro atoms. The average Bonchev–Trinajstić information content (AvgIpc) is 2.58. The monoisotopic (exact) mass is 346 g/mol. The third-order valence-corrected chi connectivity index (χ3v) is 4.97. The van der Waals surface area contributed by atoms with Gasteiger partial charge in [0.1, 0.15) is 0 Å². The van der Waals surface area contributed by atoms with Crippen molar-refractivity contribution < 1.29 is 19.5 Å². The largest absolute Gasteiger partial charge is 0.481 e. The first-order chi connectivity index (χ1) is 11.8. The second kappa shape index (κ2) is 8.14. The summed E-state index contributed by atoms with van der Waals surface area (Å²) in [4.78, 5) is 38.9. The van der Waals surface area contributed by atoms with Crippen molar-refractivity contribution in [2.45, 2.75) is 33.1 Å². The number of carboxylic acids is 1. The fourth-order valence-electron chi connectivity index (χ4n) is 3.18. The van der Waals surface area contributed by atoms with Gasteiger partial charge in [-0.1, -0.05) is 18.2 Å². The second-order valence-corrected chi connectivity index (χ2v) is 6.79. The molecule has 1 aromatic rings. The molecule has 6 heteroatoms. The van der Waals surface area contributed by atoms with Gasteiger partial charge >= 0.3 is 5.97 Å². The summed E-state index contributed by atoms with van der Waals surface area (Å²) in [7, 11) is 1.64. The number of amides is 2. The molecule has 1 aliphatic heterocycles. The Morgan fingerprint density at radius 3 is 2.24 bits per heavy atom. The number of aliphatic carboxylic acids is 1. The van der Waals surface area contributed by atoms with Crippen molar-refractivity contribution >= 4 is 17.8 Å². The van der Waals surface area contributed by atoms with Gasteiger partial charge in [-0.3, -0.25) is 14.4 Å². The summed E-state index contributed by atoms with van der Waals surface area (Å²) in [6, 6.07) is 5.92. The molecule has 25 heavy (non-hydrogen) atoms. The molecule has 136 valence electrons. The maximum absolute atomic E-state index is 12.5. The van der Waals surface area contributed by atoms with Crippen LogP contribution in [0.15, 0.2) is 18.2 Å². The maximum atomic E-state index is 12.5. The summed E-state index contributed by atoms with van der Waals surface area (Å²) < 4.78 is 0. The Morgan fingerprint density at radius 1 is 1.16 bits per heavy atom. The van der Waals surface area contributed by atoms with Crippen molar-refractivity contribution in [1.29, 1.82) is 0 Å². The summed E-state index contributed by atoms with van der Waals surface area (Å²) in [5.41, 5.74) is 3.15. The predicted molar refractivity (Wildman–Crippen MR) is 94.2 cm³/mol. The van der Waals surface area contributed by atoms with Gasteiger partial charge in [0.05, 0.1) is 18.9 Å². The first-order valence-electron chi connectivity index (χ1n) is 8.59. The van der Waals surface area contributed by atoms with E-state index in [0.29, 0.717) is 25.9 Å². The second-order valence-electron chi connectivity index (χ2n) is 6.79. The molecule has 0 bridgehead atoms. The van der Waals surface area contributed by atoms with Gasteiger partial charge in [0.2, 0.25) is 11.8 Å². The number of hydrogen-bond acceptors (Lipinski definition) is 3. The van der Waals surface area contributed by atoms with E-state index >= 15 is 0 Å². The number of likely N-dealkylation sites (tertiary alicyclic amines) is 1. The molecule has 2 amide bonds. The fourth-order valence-corrected chi connectivity index (χ4v) is 3.18. The Kier molecular flexibility index (Phi) is 6.17. The fraction of sp³-hybridized carbons (Fsp3) is 0.526. The molecule has 0 atom stereocenters. The molecule has 0 aliphatic carbocycles. The van der Waals surface area contributed by atoms with Gasteiger partial charge in [-0.05, 0) is 43.4 Å². The molecule has 1 heterocycles. The summed E-state index contributed by atoms with van der Waals surface area (Å²) in [5.74, 6) is -1.38. The molecule has 1 aromatic carbocycles. The van der Waals surface area contributed by atoms with E-state index in [4.69, 9.17) is 5.11 Å². The number of rotatable bonds is 5. The standard InChI is InChI=1S/C19H26N2O4/c1-13-5-4-6-14(2)16(13)11-17(22)20(3)12-18(23)21-9-7-15(8-10-21)19(24)25/h4-6,15H,7-12H2,1-3H3,(H,24,25). The highest BCUT2D eigenvalue weighted by molar-refractivity contribution is 5.86. The van der Waals surface area contributed by atoms with Crippen LogP contribution in [-0.2, 0) is 20.8 Å². The average molecular weight is 346 g/mol. The number of carbonyl (C=O) groups is 3. The van der Waals surface area contributed by atoms with Crippen LogP contribution in [0.1, 0.15) is 29.5 Å². The van der Waals surface area contributed by atoms with Gasteiger partial charge in [-0.25, -0.2) is 0 Å². The highest BCUT2D eigenvalue weighted by Gasteiger charge is 2.27. The number of benzene rings is 1. The van der Waals surface area contributed by atoms with E-state index in [0.717, 1.165) is 16.7 Å². The van der Waals surface area contributed by atoms with Crippen molar-refractivity contribution in [3.63, 3.8) is 0 Å². The van der Waals surface area contributed by atoms with E-state index in [1.54, 1.807) is 11.9 Å². The van der Waals surface area contributed by atoms with Gasteiger partial charge in [0, 0.05) is 20.1 Å². The Labute approximate surface area is 148 Å². The summed E-state index contributed by atoms with van der Waals surface area (Å²) in [6.07, 6.45) is 1.23. The van der Waals surface area contributed by atoms with Gasteiger partial charge in [-0.15, -0.1) is 0 Å². The van der Waals surface area contributed by atoms with Gasteiger partial charge in [0.15, 0.2) is 0 Å². The lowest BCUT2D eigenvalue weighted by Crippen LogP contribution is -2.45. The first kappa shape index (κ1) is 19.0. The maximum Gasteiger partial charge on any atom is 0.306 e. The van der Waals surface area contributed by atoms with Crippen LogP contribution in [0.25, 0.3) is 0 Å². The third kappa shape index (κ3) is 4.81. The number of piperidine rings is 1.